The van der Waals surface area contributed by atoms with Gasteiger partial charge in [0.2, 0.25) is 5.91 Å². The Bertz CT molecular complexity index is 791. The first-order chi connectivity index (χ1) is 16.3. The normalized spacial score (nSPS) is 14.5. The summed E-state index contributed by atoms with van der Waals surface area (Å²) in [5, 5.41) is 19.2. The monoisotopic (exact) mass is 492 g/mol. The number of rotatable bonds is 13. The van der Waals surface area contributed by atoms with E-state index < -0.39 is 6.04 Å². The Morgan fingerprint density at radius 1 is 1.23 bits per heavy atom. The minimum atomic E-state index is -0.438. The molecule has 200 valence electrons. The van der Waals surface area contributed by atoms with Crippen molar-refractivity contribution >= 4 is 17.7 Å². The molecule has 1 atom stereocenters. The van der Waals surface area contributed by atoms with E-state index in [2.05, 4.69) is 54.3 Å². The molecule has 0 aromatic carbocycles. The Balaban J connectivity index is 5.99. The van der Waals surface area contributed by atoms with Crippen molar-refractivity contribution in [1.29, 1.82) is 5.26 Å². The largest absolute Gasteiger partial charge is 0.370 e. The molecule has 0 aromatic heterocycles. The molecule has 11 heteroatoms. The second-order valence-electron chi connectivity index (χ2n) is 9.65. The van der Waals surface area contributed by atoms with Crippen LogP contribution in [-0.4, -0.2) is 92.0 Å². The number of nitrogens with zero attached hydrogens (tertiary/aromatic N) is 6. The number of hydrazine groups is 1. The summed E-state index contributed by atoms with van der Waals surface area (Å²) in [4.78, 5) is 23.8. The molecular formula is C24H48N10O. The summed E-state index contributed by atoms with van der Waals surface area (Å²) < 4.78 is 0. The predicted molar refractivity (Wildman–Crippen MR) is 144 cm³/mol. The quantitative estimate of drug-likeness (QED) is 0.129. The standard InChI is InChI=1S/C24H48N10O/c1-10-12-29-22(18(3)30-21(20(15-25)16-26)31-23(27)28-8)34(19(4)35)32(9)13-14-33(11-2)17-24(5,6)7/h18,30H,10-15,17,25H2,1-9H3,(H3,27,28,31)/b21-20+,29-22?/t18-/m0/s1. The number of likely N-dealkylation sites (N-methyl/N-ethyl adjacent to an activating group) is 2. The number of carbonyl (C=O) groups excluding carboxylic acids is 1. The fourth-order valence-corrected chi connectivity index (χ4v) is 3.46. The van der Waals surface area contributed by atoms with Gasteiger partial charge in [0.25, 0.3) is 0 Å². The van der Waals surface area contributed by atoms with Crippen molar-refractivity contribution in [3.63, 3.8) is 0 Å². The van der Waals surface area contributed by atoms with Crippen LogP contribution in [-0.2, 0) is 4.79 Å². The molecule has 0 fully saturated rings. The number of hydrogen-bond donors (Lipinski definition) is 4. The van der Waals surface area contributed by atoms with Gasteiger partial charge in [0.1, 0.15) is 11.7 Å². The maximum absolute atomic E-state index is 12.8. The molecule has 0 bridgehead atoms. The number of amides is 1. The SMILES string of the molecule is CCCN=C([C@H](C)N/C(NC(N)=NC)=C(\C#N)CN)N(C(C)=O)N(C)CCN(CC)CC(C)(C)C. The van der Waals surface area contributed by atoms with Crippen molar-refractivity contribution in [2.24, 2.45) is 26.9 Å². The Morgan fingerprint density at radius 2 is 1.86 bits per heavy atom. The number of hydrogen-bond acceptors (Lipinski definition) is 8. The number of aliphatic imine (C=N–C) groups is 2. The van der Waals surface area contributed by atoms with Crippen molar-refractivity contribution in [2.45, 2.75) is 60.9 Å². The van der Waals surface area contributed by atoms with Gasteiger partial charge in [0, 0.05) is 53.7 Å². The first-order valence-corrected chi connectivity index (χ1v) is 12.2. The highest BCUT2D eigenvalue weighted by Crippen LogP contribution is 2.15. The summed E-state index contributed by atoms with van der Waals surface area (Å²) in [5.74, 6) is 0.860. The predicted octanol–water partition coefficient (Wildman–Crippen LogP) is 1.06. The van der Waals surface area contributed by atoms with Gasteiger partial charge >= 0.3 is 0 Å². The van der Waals surface area contributed by atoms with Crippen molar-refractivity contribution in [3.8, 4) is 6.07 Å². The Hall–Kier alpha value is -2.68. The molecule has 0 unspecified atom stereocenters. The van der Waals surface area contributed by atoms with E-state index in [0.717, 1.165) is 26.1 Å². The van der Waals surface area contributed by atoms with Crippen LogP contribution in [0.5, 0.6) is 0 Å². The van der Waals surface area contributed by atoms with Crippen molar-refractivity contribution in [3.05, 3.63) is 11.4 Å². The molecule has 0 rings (SSSR count). The highest BCUT2D eigenvalue weighted by Gasteiger charge is 2.27. The summed E-state index contributed by atoms with van der Waals surface area (Å²) in [5.41, 5.74) is 12.1. The van der Waals surface area contributed by atoms with E-state index in [4.69, 9.17) is 16.5 Å². The second-order valence-corrected chi connectivity index (χ2v) is 9.65. The van der Waals surface area contributed by atoms with E-state index in [1.807, 2.05) is 25.9 Å². The minimum Gasteiger partial charge on any atom is -0.370 e. The van der Waals surface area contributed by atoms with Gasteiger partial charge in [-0.3, -0.25) is 14.8 Å². The number of nitriles is 1. The molecule has 1 amide bonds. The lowest BCUT2D eigenvalue weighted by Gasteiger charge is -2.37. The summed E-state index contributed by atoms with van der Waals surface area (Å²) >= 11 is 0. The van der Waals surface area contributed by atoms with Gasteiger partial charge in [-0.1, -0.05) is 34.6 Å². The van der Waals surface area contributed by atoms with Crippen LogP contribution in [0.3, 0.4) is 0 Å². The van der Waals surface area contributed by atoms with Gasteiger partial charge < -0.3 is 27.0 Å². The van der Waals surface area contributed by atoms with Crippen LogP contribution in [0.4, 0.5) is 0 Å². The first kappa shape index (κ1) is 32.3. The molecule has 11 nitrogen and oxygen atoms in total. The van der Waals surface area contributed by atoms with Crippen LogP contribution in [0.25, 0.3) is 0 Å². The molecule has 35 heavy (non-hydrogen) atoms. The minimum absolute atomic E-state index is 0.00788. The molecule has 0 aliphatic heterocycles. The Morgan fingerprint density at radius 3 is 2.29 bits per heavy atom. The molecule has 0 radical (unpaired) electrons. The van der Waals surface area contributed by atoms with Gasteiger partial charge in [0.05, 0.1) is 17.7 Å². The van der Waals surface area contributed by atoms with E-state index >= 15 is 0 Å². The smallest absolute Gasteiger partial charge is 0.239 e. The molecule has 0 spiro atoms. The molecule has 0 aliphatic rings. The lowest BCUT2D eigenvalue weighted by Crippen LogP contribution is -2.56. The third-order valence-electron chi connectivity index (χ3n) is 5.12. The average Bonchev–Trinajstić information content (AvgIpc) is 2.78. The van der Waals surface area contributed by atoms with E-state index in [1.54, 1.807) is 5.01 Å². The summed E-state index contributed by atoms with van der Waals surface area (Å²) in [6, 6.07) is 1.65. The first-order valence-electron chi connectivity index (χ1n) is 12.2. The molecule has 0 saturated heterocycles. The zero-order valence-electron chi connectivity index (χ0n) is 23.3. The van der Waals surface area contributed by atoms with Crippen molar-refractivity contribution in [2.75, 3.05) is 53.4 Å². The second kappa shape index (κ2) is 16.1. The number of amidine groups is 1. The van der Waals surface area contributed by atoms with Gasteiger partial charge in [-0.25, -0.2) is 10.0 Å². The Kier molecular flexibility index (Phi) is 14.8. The fraction of sp³-hybridized carbons (Fsp3) is 0.750. The topological polar surface area (TPSA) is 151 Å². The van der Waals surface area contributed by atoms with Gasteiger partial charge in [-0.05, 0) is 25.3 Å². The van der Waals surface area contributed by atoms with Gasteiger partial charge in [0.15, 0.2) is 5.96 Å². The van der Waals surface area contributed by atoms with Crippen LogP contribution < -0.4 is 22.1 Å². The fourth-order valence-electron chi connectivity index (χ4n) is 3.46. The summed E-state index contributed by atoms with van der Waals surface area (Å²) in [6.45, 7) is 18.1. The van der Waals surface area contributed by atoms with Crippen LogP contribution in [0, 0.1) is 16.7 Å². The lowest BCUT2D eigenvalue weighted by molar-refractivity contribution is -0.135. The lowest BCUT2D eigenvalue weighted by atomic mass is 9.96. The van der Waals surface area contributed by atoms with E-state index in [-0.39, 0.29) is 29.4 Å². The van der Waals surface area contributed by atoms with Crippen molar-refractivity contribution in [1.82, 2.24) is 25.6 Å². The molecule has 6 N–H and O–H groups in total. The zero-order chi connectivity index (χ0) is 27.2. The number of nitrogens with one attached hydrogen (secondary N) is 2. The maximum atomic E-state index is 12.8. The molecule has 0 aromatic rings. The van der Waals surface area contributed by atoms with Crippen LogP contribution in [0.1, 0.15) is 54.9 Å². The highest BCUT2D eigenvalue weighted by molar-refractivity contribution is 5.99. The molecular weight excluding hydrogens is 444 g/mol. The number of carbonyl (C=O) groups is 1. The Labute approximate surface area is 212 Å². The van der Waals surface area contributed by atoms with Gasteiger partial charge in [-0.15, -0.1) is 0 Å². The van der Waals surface area contributed by atoms with Crippen LogP contribution in [0.15, 0.2) is 21.4 Å². The third-order valence-corrected chi connectivity index (χ3v) is 5.12. The average molecular weight is 493 g/mol. The molecule has 0 saturated carbocycles. The number of nitrogens with two attached hydrogens (primary N) is 2. The van der Waals surface area contributed by atoms with E-state index in [1.165, 1.54) is 14.0 Å². The van der Waals surface area contributed by atoms with E-state index in [0.29, 0.717) is 24.7 Å². The maximum Gasteiger partial charge on any atom is 0.239 e. The molecule has 0 heterocycles. The zero-order valence-corrected chi connectivity index (χ0v) is 23.3. The van der Waals surface area contributed by atoms with E-state index in [9.17, 15) is 10.1 Å². The number of guanidine groups is 1. The molecule has 0 aliphatic carbocycles. The summed E-state index contributed by atoms with van der Waals surface area (Å²) in [7, 11) is 3.43. The summed E-state index contributed by atoms with van der Waals surface area (Å²) in [6.07, 6.45) is 0.823. The third kappa shape index (κ3) is 12.0. The highest BCUT2D eigenvalue weighted by atomic mass is 16.2. The van der Waals surface area contributed by atoms with Crippen molar-refractivity contribution < 1.29 is 4.79 Å². The van der Waals surface area contributed by atoms with Crippen LogP contribution in [0.2, 0.25) is 0 Å². The van der Waals surface area contributed by atoms with Crippen LogP contribution >= 0.6 is 0 Å². The van der Waals surface area contributed by atoms with Gasteiger partial charge in [-0.2, -0.15) is 5.26 Å².